The lowest BCUT2D eigenvalue weighted by Crippen LogP contribution is -1.84. The Hall–Kier alpha value is -0.210. The number of pyridine rings is 1. The molecule has 0 fully saturated rings. The summed E-state index contributed by atoms with van der Waals surface area (Å²) in [5.74, 6) is 1.13. The molecule has 0 N–H and O–H groups in total. The van der Waals surface area contributed by atoms with Crippen LogP contribution in [0.4, 0.5) is 0 Å². The minimum Gasteiger partial charge on any atom is -0.260 e. The van der Waals surface area contributed by atoms with Gasteiger partial charge >= 0.3 is 0 Å². The number of rotatable bonds is 0. The molecule has 0 saturated carbocycles. The van der Waals surface area contributed by atoms with Gasteiger partial charge in [0.15, 0.2) is 0 Å². The number of aromatic nitrogens is 1. The second kappa shape index (κ2) is 2.44. The molecular weight excluding hydrogens is 166 g/mol. The molecule has 1 aliphatic rings. The van der Waals surface area contributed by atoms with Crippen LogP contribution in [-0.2, 0) is 6.42 Å². The molecule has 1 nitrogen and oxygen atoms in total. The van der Waals surface area contributed by atoms with E-state index < -0.39 is 0 Å². The quantitative estimate of drug-likeness (QED) is 0.595. The highest BCUT2D eigenvalue weighted by Crippen LogP contribution is 2.35. The second-order valence-corrected chi connectivity index (χ2v) is 3.68. The Morgan fingerprint density at radius 3 is 3.30 bits per heavy atom. The molecule has 2 rings (SSSR count). The smallest absolute Gasteiger partial charge is 0.0575 e. The highest BCUT2D eigenvalue weighted by atomic mass is 35.5. The Morgan fingerprint density at radius 2 is 2.50 bits per heavy atom. The van der Waals surface area contributed by atoms with Crippen LogP contribution in [-0.4, -0.2) is 10.7 Å². The maximum Gasteiger partial charge on any atom is 0.0575 e. The van der Waals surface area contributed by atoms with Crippen molar-refractivity contribution in [1.29, 1.82) is 0 Å². The van der Waals surface area contributed by atoms with Crippen molar-refractivity contribution >= 4 is 23.4 Å². The van der Waals surface area contributed by atoms with E-state index in [1.54, 1.807) is 18.0 Å². The highest BCUT2D eigenvalue weighted by Gasteiger charge is 2.14. The van der Waals surface area contributed by atoms with Gasteiger partial charge in [0.25, 0.3) is 0 Å². The van der Waals surface area contributed by atoms with Crippen LogP contribution in [0.3, 0.4) is 0 Å². The molecule has 0 spiro atoms. The van der Waals surface area contributed by atoms with Crippen LogP contribution < -0.4 is 0 Å². The van der Waals surface area contributed by atoms with Gasteiger partial charge in [-0.05, 0) is 6.07 Å². The molecular formula is C7H6ClNS. The minimum atomic E-state index is 0.854. The van der Waals surface area contributed by atoms with E-state index in [1.807, 2.05) is 6.07 Å². The molecule has 0 aromatic carbocycles. The number of aryl methyl sites for hydroxylation is 1. The average molecular weight is 172 g/mol. The summed E-state index contributed by atoms with van der Waals surface area (Å²) in [7, 11) is 0. The molecule has 0 radical (unpaired) electrons. The van der Waals surface area contributed by atoms with E-state index in [2.05, 4.69) is 4.98 Å². The monoisotopic (exact) mass is 171 g/mol. The lowest BCUT2D eigenvalue weighted by Gasteiger charge is -1.96. The number of hydrogen-bond acceptors (Lipinski definition) is 2. The van der Waals surface area contributed by atoms with Crippen LogP contribution in [0.2, 0.25) is 5.02 Å². The summed E-state index contributed by atoms with van der Waals surface area (Å²) >= 11 is 7.71. The zero-order valence-corrected chi connectivity index (χ0v) is 6.87. The van der Waals surface area contributed by atoms with Crippen LogP contribution in [0, 0.1) is 0 Å². The number of nitrogens with zero attached hydrogens (tertiary/aromatic N) is 1. The Labute approximate surface area is 68.8 Å². The van der Waals surface area contributed by atoms with Crippen LogP contribution in [0.1, 0.15) is 5.69 Å². The molecule has 0 atom stereocenters. The summed E-state index contributed by atoms with van der Waals surface area (Å²) in [5.41, 5.74) is 1.16. The van der Waals surface area contributed by atoms with E-state index in [-0.39, 0.29) is 0 Å². The van der Waals surface area contributed by atoms with Gasteiger partial charge in [0.1, 0.15) is 0 Å². The van der Waals surface area contributed by atoms with Crippen LogP contribution in [0.15, 0.2) is 17.2 Å². The predicted molar refractivity (Wildman–Crippen MR) is 43.7 cm³/mol. The maximum atomic E-state index is 5.91. The Balaban J connectivity index is 2.59. The molecule has 2 heterocycles. The van der Waals surface area contributed by atoms with Crippen molar-refractivity contribution in [2.24, 2.45) is 0 Å². The number of hydrogen-bond donors (Lipinski definition) is 0. The zero-order valence-electron chi connectivity index (χ0n) is 5.30. The lowest BCUT2D eigenvalue weighted by atomic mass is 10.3. The molecule has 0 aliphatic carbocycles. The van der Waals surface area contributed by atoms with Gasteiger partial charge in [0, 0.05) is 23.3 Å². The van der Waals surface area contributed by atoms with Crippen molar-refractivity contribution in [3.05, 3.63) is 23.0 Å². The van der Waals surface area contributed by atoms with Gasteiger partial charge in [-0.3, -0.25) is 4.98 Å². The molecule has 0 saturated heterocycles. The second-order valence-electron chi connectivity index (χ2n) is 2.17. The molecule has 1 aromatic heterocycles. The molecule has 52 valence electrons. The van der Waals surface area contributed by atoms with Crippen molar-refractivity contribution in [1.82, 2.24) is 4.98 Å². The fourth-order valence-electron chi connectivity index (χ4n) is 1.04. The SMILES string of the molecule is Clc1ccnc2c1SCC2. The van der Waals surface area contributed by atoms with Crippen LogP contribution >= 0.6 is 23.4 Å². The van der Waals surface area contributed by atoms with E-state index in [9.17, 15) is 0 Å². The third-order valence-electron chi connectivity index (χ3n) is 1.52. The third-order valence-corrected chi connectivity index (χ3v) is 3.10. The van der Waals surface area contributed by atoms with Crippen LogP contribution in [0.25, 0.3) is 0 Å². The normalized spacial score (nSPS) is 15.3. The average Bonchev–Trinajstić information content (AvgIpc) is 2.36. The first-order valence-corrected chi connectivity index (χ1v) is 4.50. The Bertz CT molecular complexity index is 262. The first-order chi connectivity index (χ1) is 4.88. The van der Waals surface area contributed by atoms with E-state index in [0.717, 1.165) is 22.9 Å². The third kappa shape index (κ3) is 0.917. The van der Waals surface area contributed by atoms with E-state index >= 15 is 0 Å². The fourth-order valence-corrected chi connectivity index (χ4v) is 2.40. The number of thioether (sulfide) groups is 1. The summed E-state index contributed by atoms with van der Waals surface area (Å²) in [6.07, 6.45) is 2.84. The maximum absolute atomic E-state index is 5.91. The van der Waals surface area contributed by atoms with Crippen molar-refractivity contribution in [2.75, 3.05) is 5.75 Å². The molecule has 10 heavy (non-hydrogen) atoms. The highest BCUT2D eigenvalue weighted by molar-refractivity contribution is 7.99. The van der Waals surface area contributed by atoms with Gasteiger partial charge < -0.3 is 0 Å². The summed E-state index contributed by atoms with van der Waals surface area (Å²) in [6.45, 7) is 0. The minimum absolute atomic E-state index is 0.854. The van der Waals surface area contributed by atoms with Crippen molar-refractivity contribution in [2.45, 2.75) is 11.3 Å². The van der Waals surface area contributed by atoms with E-state index in [1.165, 1.54) is 4.90 Å². The Kier molecular flexibility index (Phi) is 1.58. The number of halogens is 1. The first kappa shape index (κ1) is 6.50. The summed E-state index contributed by atoms with van der Waals surface area (Å²) in [6, 6.07) is 1.85. The first-order valence-electron chi connectivity index (χ1n) is 3.14. The van der Waals surface area contributed by atoms with Gasteiger partial charge in [-0.15, -0.1) is 11.8 Å². The fraction of sp³-hybridized carbons (Fsp3) is 0.286. The molecule has 0 unspecified atom stereocenters. The van der Waals surface area contributed by atoms with Gasteiger partial charge in [-0.2, -0.15) is 0 Å². The number of fused-ring (bicyclic) bond motifs is 1. The van der Waals surface area contributed by atoms with E-state index in [0.29, 0.717) is 0 Å². The zero-order chi connectivity index (χ0) is 6.97. The van der Waals surface area contributed by atoms with Gasteiger partial charge in [0.2, 0.25) is 0 Å². The molecule has 0 amide bonds. The van der Waals surface area contributed by atoms with Gasteiger partial charge in [-0.25, -0.2) is 0 Å². The molecule has 1 aromatic rings. The lowest BCUT2D eigenvalue weighted by molar-refractivity contribution is 1.03. The summed E-state index contributed by atoms with van der Waals surface area (Å²) in [4.78, 5) is 5.40. The summed E-state index contributed by atoms with van der Waals surface area (Å²) < 4.78 is 0. The molecule has 0 bridgehead atoms. The van der Waals surface area contributed by atoms with Gasteiger partial charge in [0.05, 0.1) is 10.7 Å². The van der Waals surface area contributed by atoms with Crippen molar-refractivity contribution in [3.63, 3.8) is 0 Å². The van der Waals surface area contributed by atoms with Crippen molar-refractivity contribution in [3.8, 4) is 0 Å². The largest absolute Gasteiger partial charge is 0.260 e. The van der Waals surface area contributed by atoms with Crippen molar-refractivity contribution < 1.29 is 0 Å². The molecule has 1 aliphatic heterocycles. The summed E-state index contributed by atoms with van der Waals surface area (Å²) in [5, 5.41) is 0.854. The van der Waals surface area contributed by atoms with Crippen LogP contribution in [0.5, 0.6) is 0 Å². The molecule has 3 heteroatoms. The standard InChI is InChI=1S/C7H6ClNS/c8-5-1-3-9-6-2-4-10-7(5)6/h1,3H,2,4H2. The topological polar surface area (TPSA) is 12.9 Å². The predicted octanol–water partition coefficient (Wildman–Crippen LogP) is 2.38. The van der Waals surface area contributed by atoms with E-state index in [4.69, 9.17) is 11.6 Å². The Morgan fingerprint density at radius 1 is 1.60 bits per heavy atom. The van der Waals surface area contributed by atoms with Gasteiger partial charge in [-0.1, -0.05) is 11.6 Å².